The Balaban J connectivity index is 1.56. The molecule has 1 atom stereocenters. The van der Waals surface area contributed by atoms with E-state index in [1.165, 1.54) is 29.2 Å². The van der Waals surface area contributed by atoms with E-state index in [1.807, 2.05) is 0 Å². The number of hydrogen-bond acceptors (Lipinski definition) is 4. The van der Waals surface area contributed by atoms with Crippen molar-refractivity contribution in [3.63, 3.8) is 0 Å². The van der Waals surface area contributed by atoms with E-state index >= 15 is 0 Å². The predicted molar refractivity (Wildman–Crippen MR) is 103 cm³/mol. The lowest BCUT2D eigenvalue weighted by Gasteiger charge is -2.16. The molecule has 1 heterocycles. The molecule has 0 bridgehead atoms. The zero-order valence-corrected chi connectivity index (χ0v) is 16.5. The molecular formula is C20H15ClF4N2O4. The van der Waals surface area contributed by atoms with Gasteiger partial charge in [0.2, 0.25) is 5.91 Å². The molecule has 3 rings (SSSR count). The third-order valence-corrected chi connectivity index (χ3v) is 4.84. The van der Waals surface area contributed by atoms with Crippen LogP contribution in [-0.2, 0) is 25.3 Å². The maximum atomic E-state index is 13.0. The maximum absolute atomic E-state index is 13.0. The zero-order chi connectivity index (χ0) is 22.8. The average Bonchev–Trinajstić information content (AvgIpc) is 3.09. The summed E-state index contributed by atoms with van der Waals surface area (Å²) in [5.41, 5.74) is -0.871. The van der Waals surface area contributed by atoms with E-state index in [-0.39, 0.29) is 29.6 Å². The van der Waals surface area contributed by atoms with E-state index < -0.39 is 42.0 Å². The third-order valence-electron chi connectivity index (χ3n) is 4.51. The highest BCUT2D eigenvalue weighted by Gasteiger charge is 2.36. The number of rotatable bonds is 5. The van der Waals surface area contributed by atoms with E-state index in [0.717, 1.165) is 12.1 Å². The molecule has 11 heteroatoms. The second-order valence-electron chi connectivity index (χ2n) is 6.73. The molecule has 1 N–H and O–H groups in total. The van der Waals surface area contributed by atoms with Crippen LogP contribution in [0, 0.1) is 11.7 Å². The van der Waals surface area contributed by atoms with Crippen LogP contribution in [-0.4, -0.2) is 30.9 Å². The number of ether oxygens (including phenoxy) is 1. The fourth-order valence-electron chi connectivity index (χ4n) is 2.97. The highest BCUT2D eigenvalue weighted by molar-refractivity contribution is 6.33. The van der Waals surface area contributed by atoms with E-state index in [4.69, 9.17) is 16.3 Å². The number of esters is 1. The van der Waals surface area contributed by atoms with Gasteiger partial charge in [-0.25, -0.2) is 4.39 Å². The standard InChI is InChI=1S/C20H15ClF4N2O4/c21-15-6-1-12(20(23,24)25)8-16(15)26-17(28)10-31-19(30)11-7-18(29)27(9-11)14-4-2-13(22)3-5-14/h1-6,8,11H,7,9-10H2,(H,26,28)/t11-/m0/s1. The molecular weight excluding hydrogens is 444 g/mol. The number of nitrogens with one attached hydrogen (secondary N) is 1. The molecule has 2 aromatic rings. The van der Waals surface area contributed by atoms with Crippen LogP contribution in [0.5, 0.6) is 0 Å². The SMILES string of the molecule is O=C(COC(=O)[C@H]1CC(=O)N(c2ccc(F)cc2)C1)Nc1cc(C(F)(F)F)ccc1Cl. The Morgan fingerprint density at radius 2 is 1.84 bits per heavy atom. The van der Waals surface area contributed by atoms with Gasteiger partial charge in [0.15, 0.2) is 6.61 Å². The lowest BCUT2D eigenvalue weighted by atomic mass is 10.1. The van der Waals surface area contributed by atoms with Crippen LogP contribution >= 0.6 is 11.6 Å². The number of benzene rings is 2. The number of alkyl halides is 3. The van der Waals surface area contributed by atoms with Crippen molar-refractivity contribution in [1.29, 1.82) is 0 Å². The van der Waals surface area contributed by atoms with E-state index in [9.17, 15) is 31.9 Å². The first-order valence-corrected chi connectivity index (χ1v) is 9.31. The zero-order valence-electron chi connectivity index (χ0n) is 15.7. The average molecular weight is 459 g/mol. The van der Waals surface area contributed by atoms with Gasteiger partial charge < -0.3 is 15.0 Å². The van der Waals surface area contributed by atoms with Gasteiger partial charge in [-0.05, 0) is 42.5 Å². The summed E-state index contributed by atoms with van der Waals surface area (Å²) in [6.07, 6.45) is -4.78. The molecule has 0 spiro atoms. The molecule has 0 aromatic heterocycles. The summed E-state index contributed by atoms with van der Waals surface area (Å²) in [5, 5.41) is 2.04. The minimum Gasteiger partial charge on any atom is -0.455 e. The van der Waals surface area contributed by atoms with Crippen molar-refractivity contribution in [2.45, 2.75) is 12.6 Å². The van der Waals surface area contributed by atoms with Crippen LogP contribution in [0.2, 0.25) is 5.02 Å². The van der Waals surface area contributed by atoms with Crippen molar-refractivity contribution in [2.24, 2.45) is 5.92 Å². The van der Waals surface area contributed by atoms with Gasteiger partial charge >= 0.3 is 12.1 Å². The Morgan fingerprint density at radius 3 is 2.48 bits per heavy atom. The van der Waals surface area contributed by atoms with Gasteiger partial charge in [0.1, 0.15) is 5.82 Å². The third kappa shape index (κ3) is 5.52. The summed E-state index contributed by atoms with van der Waals surface area (Å²) in [6.45, 7) is -0.781. The molecule has 1 aliphatic rings. The lowest BCUT2D eigenvalue weighted by Crippen LogP contribution is -2.28. The van der Waals surface area contributed by atoms with Crippen molar-refractivity contribution in [1.82, 2.24) is 0 Å². The van der Waals surface area contributed by atoms with Crippen LogP contribution in [0.25, 0.3) is 0 Å². The van der Waals surface area contributed by atoms with Crippen LogP contribution in [0.1, 0.15) is 12.0 Å². The maximum Gasteiger partial charge on any atom is 0.416 e. The number of carbonyl (C=O) groups is 3. The van der Waals surface area contributed by atoms with E-state index in [0.29, 0.717) is 11.8 Å². The smallest absolute Gasteiger partial charge is 0.416 e. The topological polar surface area (TPSA) is 75.7 Å². The second-order valence-corrected chi connectivity index (χ2v) is 7.14. The molecule has 6 nitrogen and oxygen atoms in total. The van der Waals surface area contributed by atoms with Gasteiger partial charge in [-0.1, -0.05) is 11.6 Å². The first-order valence-electron chi connectivity index (χ1n) is 8.94. The van der Waals surface area contributed by atoms with Gasteiger partial charge in [-0.2, -0.15) is 13.2 Å². The van der Waals surface area contributed by atoms with E-state index in [1.54, 1.807) is 0 Å². The molecule has 164 valence electrons. The molecule has 0 saturated carbocycles. The van der Waals surface area contributed by atoms with Gasteiger partial charge in [-0.3, -0.25) is 14.4 Å². The van der Waals surface area contributed by atoms with Crippen molar-refractivity contribution in [3.05, 3.63) is 58.9 Å². The molecule has 0 aliphatic carbocycles. The van der Waals surface area contributed by atoms with Crippen LogP contribution < -0.4 is 10.2 Å². The summed E-state index contributed by atoms with van der Waals surface area (Å²) in [4.78, 5) is 37.6. The molecule has 31 heavy (non-hydrogen) atoms. The van der Waals surface area contributed by atoms with Crippen molar-refractivity contribution < 1.29 is 36.7 Å². The number of carbonyl (C=O) groups excluding carboxylic acids is 3. The molecule has 1 fully saturated rings. The Kier molecular flexibility index (Phi) is 6.49. The molecule has 2 amide bonds. The normalized spacial score (nSPS) is 16.4. The quantitative estimate of drug-likeness (QED) is 0.542. The number of amides is 2. The summed E-state index contributed by atoms with van der Waals surface area (Å²) in [5.74, 6) is -3.40. The van der Waals surface area contributed by atoms with Crippen LogP contribution in [0.3, 0.4) is 0 Å². The summed E-state index contributed by atoms with van der Waals surface area (Å²) < 4.78 is 56.3. The predicted octanol–water partition coefficient (Wildman–Crippen LogP) is 4.03. The Hall–Kier alpha value is -3.14. The minimum atomic E-state index is -4.62. The number of halogens is 5. The molecule has 0 radical (unpaired) electrons. The lowest BCUT2D eigenvalue weighted by molar-refractivity contribution is -0.151. The monoisotopic (exact) mass is 458 g/mol. The van der Waals surface area contributed by atoms with Crippen LogP contribution in [0.15, 0.2) is 42.5 Å². The fourth-order valence-corrected chi connectivity index (χ4v) is 3.14. The molecule has 1 aliphatic heterocycles. The van der Waals surface area contributed by atoms with E-state index in [2.05, 4.69) is 5.32 Å². The largest absolute Gasteiger partial charge is 0.455 e. The summed E-state index contributed by atoms with van der Waals surface area (Å²) in [6, 6.07) is 7.57. The van der Waals surface area contributed by atoms with Gasteiger partial charge in [0.25, 0.3) is 5.91 Å². The highest BCUT2D eigenvalue weighted by atomic mass is 35.5. The van der Waals surface area contributed by atoms with Gasteiger partial charge in [0.05, 0.1) is 22.2 Å². The number of hydrogen-bond donors (Lipinski definition) is 1. The second kappa shape index (κ2) is 8.93. The highest BCUT2D eigenvalue weighted by Crippen LogP contribution is 2.33. The summed E-state index contributed by atoms with van der Waals surface area (Å²) in [7, 11) is 0. The molecule has 2 aromatic carbocycles. The van der Waals surface area contributed by atoms with Gasteiger partial charge in [-0.15, -0.1) is 0 Å². The first kappa shape index (κ1) is 22.5. The first-order chi connectivity index (χ1) is 14.5. The molecule has 0 unspecified atom stereocenters. The Morgan fingerprint density at radius 1 is 1.16 bits per heavy atom. The Bertz CT molecular complexity index is 1010. The summed E-state index contributed by atoms with van der Waals surface area (Å²) >= 11 is 5.80. The Labute approximate surface area is 178 Å². The number of anilines is 2. The van der Waals surface area contributed by atoms with Crippen molar-refractivity contribution in [3.8, 4) is 0 Å². The van der Waals surface area contributed by atoms with Gasteiger partial charge in [0, 0.05) is 18.7 Å². The van der Waals surface area contributed by atoms with Crippen molar-refractivity contribution >= 4 is 40.8 Å². The fraction of sp³-hybridized carbons (Fsp3) is 0.250. The number of nitrogens with zero attached hydrogens (tertiary/aromatic N) is 1. The molecule has 1 saturated heterocycles. The minimum absolute atomic E-state index is 0.00955. The van der Waals surface area contributed by atoms with Crippen molar-refractivity contribution in [2.75, 3.05) is 23.4 Å². The van der Waals surface area contributed by atoms with Crippen LogP contribution in [0.4, 0.5) is 28.9 Å².